The lowest BCUT2D eigenvalue weighted by Crippen LogP contribution is -2.22. The lowest BCUT2D eigenvalue weighted by molar-refractivity contribution is -0.120. The molecular formula is C16H16BrNO4S. The van der Waals surface area contributed by atoms with Crippen molar-refractivity contribution < 1.29 is 19.1 Å². The highest BCUT2D eigenvalue weighted by molar-refractivity contribution is 9.10. The minimum Gasteiger partial charge on any atom is -0.478 e. The maximum atomic E-state index is 11.8. The van der Waals surface area contributed by atoms with Gasteiger partial charge in [0.05, 0.1) is 6.54 Å². The quantitative estimate of drug-likeness (QED) is 0.693. The highest BCUT2D eigenvalue weighted by atomic mass is 79.9. The summed E-state index contributed by atoms with van der Waals surface area (Å²) in [6.45, 7) is 1.78. The summed E-state index contributed by atoms with van der Waals surface area (Å²) in [6, 6.07) is 9.34. The average Bonchev–Trinajstić information content (AvgIpc) is 2.88. The molecule has 1 aromatic heterocycles. The SMILES string of the molecule is Cc1oc(CNC(=O)CCSc2ccc(Br)cc2)cc1C(=O)O. The van der Waals surface area contributed by atoms with Gasteiger partial charge in [-0.1, -0.05) is 15.9 Å². The van der Waals surface area contributed by atoms with Crippen LogP contribution in [0.25, 0.3) is 0 Å². The number of amides is 1. The first-order valence-electron chi connectivity index (χ1n) is 6.93. The van der Waals surface area contributed by atoms with Crippen LogP contribution in [0.5, 0.6) is 0 Å². The van der Waals surface area contributed by atoms with Gasteiger partial charge in [0, 0.05) is 21.5 Å². The Morgan fingerprint density at radius 3 is 2.61 bits per heavy atom. The normalized spacial score (nSPS) is 10.5. The summed E-state index contributed by atoms with van der Waals surface area (Å²) in [6.07, 6.45) is 0.381. The third kappa shape index (κ3) is 5.44. The molecule has 0 unspecified atom stereocenters. The molecule has 0 bridgehead atoms. The van der Waals surface area contributed by atoms with Crippen molar-refractivity contribution in [2.75, 3.05) is 5.75 Å². The number of carboxylic acid groups (broad SMARTS) is 1. The summed E-state index contributed by atoms with van der Waals surface area (Å²) >= 11 is 4.98. The van der Waals surface area contributed by atoms with E-state index in [9.17, 15) is 9.59 Å². The molecule has 1 heterocycles. The summed E-state index contributed by atoms with van der Waals surface area (Å²) in [7, 11) is 0. The second-order valence-corrected chi connectivity index (χ2v) is 6.90. The smallest absolute Gasteiger partial charge is 0.339 e. The molecule has 0 aliphatic rings. The Labute approximate surface area is 146 Å². The lowest BCUT2D eigenvalue weighted by Gasteiger charge is -2.04. The number of aryl methyl sites for hydroxylation is 1. The van der Waals surface area contributed by atoms with Crippen molar-refractivity contribution in [2.45, 2.75) is 24.8 Å². The van der Waals surface area contributed by atoms with Crippen LogP contribution >= 0.6 is 27.7 Å². The van der Waals surface area contributed by atoms with Gasteiger partial charge in [0.15, 0.2) is 0 Å². The molecule has 0 atom stereocenters. The van der Waals surface area contributed by atoms with E-state index in [1.54, 1.807) is 18.7 Å². The lowest BCUT2D eigenvalue weighted by atomic mass is 10.2. The highest BCUT2D eigenvalue weighted by Gasteiger charge is 2.14. The Hall–Kier alpha value is -1.73. The number of hydrogen-bond acceptors (Lipinski definition) is 4. The molecule has 0 saturated carbocycles. The molecule has 2 rings (SSSR count). The van der Waals surface area contributed by atoms with Crippen LogP contribution in [0.2, 0.25) is 0 Å². The van der Waals surface area contributed by atoms with E-state index < -0.39 is 5.97 Å². The van der Waals surface area contributed by atoms with Crippen LogP contribution in [0.3, 0.4) is 0 Å². The van der Waals surface area contributed by atoms with E-state index in [2.05, 4.69) is 21.2 Å². The van der Waals surface area contributed by atoms with Crippen LogP contribution in [0.1, 0.15) is 28.3 Å². The molecule has 23 heavy (non-hydrogen) atoms. The summed E-state index contributed by atoms with van der Waals surface area (Å²) in [5.74, 6) is 0.321. The van der Waals surface area contributed by atoms with Gasteiger partial charge in [-0.3, -0.25) is 4.79 Å². The largest absolute Gasteiger partial charge is 0.478 e. The second kappa shape index (κ2) is 8.21. The van der Waals surface area contributed by atoms with Crippen LogP contribution in [0, 0.1) is 6.92 Å². The molecule has 0 spiro atoms. The van der Waals surface area contributed by atoms with Crippen molar-refractivity contribution in [1.82, 2.24) is 5.32 Å². The molecule has 0 aliphatic heterocycles. The molecule has 0 radical (unpaired) electrons. The number of aromatic carboxylic acids is 1. The highest BCUT2D eigenvalue weighted by Crippen LogP contribution is 2.21. The van der Waals surface area contributed by atoms with Gasteiger partial charge in [-0.2, -0.15) is 0 Å². The number of carbonyl (C=O) groups is 2. The minimum atomic E-state index is -1.03. The van der Waals surface area contributed by atoms with Crippen LogP contribution < -0.4 is 5.32 Å². The van der Waals surface area contributed by atoms with Crippen LogP contribution in [-0.4, -0.2) is 22.7 Å². The molecule has 0 saturated heterocycles. The fraction of sp³-hybridized carbons (Fsp3) is 0.250. The number of halogens is 1. The average molecular weight is 398 g/mol. The van der Waals surface area contributed by atoms with Gasteiger partial charge < -0.3 is 14.8 Å². The zero-order valence-corrected chi connectivity index (χ0v) is 14.9. The predicted molar refractivity (Wildman–Crippen MR) is 91.7 cm³/mol. The fourth-order valence-electron chi connectivity index (χ4n) is 1.91. The van der Waals surface area contributed by atoms with E-state index in [1.807, 2.05) is 24.3 Å². The Morgan fingerprint density at radius 2 is 2.00 bits per heavy atom. The first-order chi connectivity index (χ1) is 11.0. The van der Waals surface area contributed by atoms with Crippen LogP contribution in [-0.2, 0) is 11.3 Å². The number of rotatable bonds is 7. The van der Waals surface area contributed by atoms with E-state index in [4.69, 9.17) is 9.52 Å². The zero-order valence-electron chi connectivity index (χ0n) is 12.5. The Kier molecular flexibility index (Phi) is 6.29. The van der Waals surface area contributed by atoms with Gasteiger partial charge in [-0.15, -0.1) is 11.8 Å². The number of nitrogens with one attached hydrogen (secondary N) is 1. The molecule has 122 valence electrons. The van der Waals surface area contributed by atoms with Crippen molar-refractivity contribution in [2.24, 2.45) is 0 Å². The molecule has 1 amide bonds. The van der Waals surface area contributed by atoms with Crippen molar-refractivity contribution in [3.05, 3.63) is 51.9 Å². The number of hydrogen-bond donors (Lipinski definition) is 2. The van der Waals surface area contributed by atoms with Crippen molar-refractivity contribution in [1.29, 1.82) is 0 Å². The van der Waals surface area contributed by atoms with E-state index in [-0.39, 0.29) is 18.0 Å². The number of benzene rings is 1. The number of thioether (sulfide) groups is 1. The molecule has 2 aromatic rings. The number of carbonyl (C=O) groups excluding carboxylic acids is 1. The predicted octanol–water partition coefficient (Wildman–Crippen LogP) is 3.85. The monoisotopic (exact) mass is 397 g/mol. The molecule has 1 aromatic carbocycles. The minimum absolute atomic E-state index is 0.0967. The first-order valence-corrected chi connectivity index (χ1v) is 8.71. The summed E-state index contributed by atoms with van der Waals surface area (Å²) in [5, 5.41) is 11.7. The number of furan rings is 1. The Balaban J connectivity index is 1.73. The molecule has 5 nitrogen and oxygen atoms in total. The maximum absolute atomic E-state index is 11.8. The van der Waals surface area contributed by atoms with Gasteiger partial charge in [0.25, 0.3) is 0 Å². The molecule has 2 N–H and O–H groups in total. The Bertz CT molecular complexity index is 697. The standard InChI is InChI=1S/C16H16BrNO4S/c1-10-14(16(20)21)8-12(22-10)9-18-15(19)6-7-23-13-4-2-11(17)3-5-13/h2-5,8H,6-7,9H2,1H3,(H,18,19)(H,20,21). The van der Waals surface area contributed by atoms with Gasteiger partial charge in [0.1, 0.15) is 17.1 Å². The third-order valence-corrected chi connectivity index (χ3v) is 4.61. The molecule has 7 heteroatoms. The van der Waals surface area contributed by atoms with Gasteiger partial charge in [-0.25, -0.2) is 4.79 Å². The third-order valence-electron chi connectivity index (χ3n) is 3.07. The fourth-order valence-corrected chi connectivity index (χ4v) is 3.03. The molecular weight excluding hydrogens is 382 g/mol. The second-order valence-electron chi connectivity index (χ2n) is 4.82. The first kappa shape index (κ1) is 17.6. The van der Waals surface area contributed by atoms with Crippen molar-refractivity contribution in [3.8, 4) is 0 Å². The van der Waals surface area contributed by atoms with Gasteiger partial charge >= 0.3 is 5.97 Å². The summed E-state index contributed by atoms with van der Waals surface area (Å²) < 4.78 is 6.33. The van der Waals surface area contributed by atoms with Crippen LogP contribution in [0.15, 0.2) is 44.1 Å². The van der Waals surface area contributed by atoms with E-state index >= 15 is 0 Å². The molecule has 0 aliphatic carbocycles. The maximum Gasteiger partial charge on any atom is 0.339 e. The van der Waals surface area contributed by atoms with Crippen molar-refractivity contribution in [3.63, 3.8) is 0 Å². The van der Waals surface area contributed by atoms with Gasteiger partial charge in [-0.05, 0) is 37.3 Å². The van der Waals surface area contributed by atoms with Gasteiger partial charge in [0.2, 0.25) is 5.91 Å². The summed E-state index contributed by atoms with van der Waals surface area (Å²) in [4.78, 5) is 23.8. The van der Waals surface area contributed by atoms with E-state index in [1.165, 1.54) is 6.07 Å². The topological polar surface area (TPSA) is 79.5 Å². The van der Waals surface area contributed by atoms with E-state index in [0.29, 0.717) is 23.7 Å². The van der Waals surface area contributed by atoms with E-state index in [0.717, 1.165) is 9.37 Å². The summed E-state index contributed by atoms with van der Waals surface area (Å²) in [5.41, 5.74) is 0.125. The van der Waals surface area contributed by atoms with Crippen LogP contribution in [0.4, 0.5) is 0 Å². The number of carboxylic acids is 1. The van der Waals surface area contributed by atoms with Crippen molar-refractivity contribution >= 4 is 39.6 Å². The molecule has 0 fully saturated rings. The Morgan fingerprint density at radius 1 is 1.30 bits per heavy atom. The zero-order chi connectivity index (χ0) is 16.8.